The topological polar surface area (TPSA) is 3.24 Å². The van der Waals surface area contributed by atoms with Gasteiger partial charge in [-0.15, -0.1) is 22.7 Å². The second-order valence-corrected chi connectivity index (χ2v) is 11.3. The van der Waals surface area contributed by atoms with Gasteiger partial charge in [0.25, 0.3) is 0 Å². The van der Waals surface area contributed by atoms with Crippen molar-refractivity contribution >= 4 is 96.0 Å². The molecule has 0 aliphatic carbocycles. The van der Waals surface area contributed by atoms with Gasteiger partial charge < -0.3 is 4.90 Å². The smallest absolute Gasteiger partial charge is 0.0499 e. The minimum Gasteiger partial charge on any atom is -0.310 e. The number of rotatable bonds is 3. The van der Waals surface area contributed by atoms with E-state index in [1.54, 1.807) is 0 Å². The van der Waals surface area contributed by atoms with Gasteiger partial charge in [-0.3, -0.25) is 0 Å². The fourth-order valence-corrected chi connectivity index (χ4v) is 7.70. The largest absolute Gasteiger partial charge is 0.310 e. The molecular weight excluding hydrogens is 518 g/mol. The standard InChI is InChI=1S/C30H18BrNS2/c31-26-17-21(16-25-23-11-5-7-13-28(23)34-30(25)26)32(19-8-2-1-3-9-19)20-14-15-24-22-10-4-6-12-27(22)33-29(24)18-20/h1-18H. The summed E-state index contributed by atoms with van der Waals surface area (Å²) in [6, 6.07) is 39.4. The molecule has 0 aliphatic heterocycles. The van der Waals surface area contributed by atoms with Gasteiger partial charge in [-0.05, 0) is 64.5 Å². The zero-order valence-corrected chi connectivity index (χ0v) is 21.3. The fraction of sp³-hybridized carbons (Fsp3) is 0. The van der Waals surface area contributed by atoms with Gasteiger partial charge in [-0.25, -0.2) is 0 Å². The van der Waals surface area contributed by atoms with Gasteiger partial charge in [0.2, 0.25) is 0 Å². The van der Waals surface area contributed by atoms with Crippen LogP contribution in [0.3, 0.4) is 0 Å². The summed E-state index contributed by atoms with van der Waals surface area (Å²) in [6.45, 7) is 0. The molecule has 2 heterocycles. The molecule has 0 unspecified atom stereocenters. The molecule has 7 rings (SSSR count). The van der Waals surface area contributed by atoms with Crippen molar-refractivity contribution in [2.75, 3.05) is 4.90 Å². The summed E-state index contributed by atoms with van der Waals surface area (Å²) >= 11 is 7.59. The Morgan fingerprint density at radius 3 is 1.91 bits per heavy atom. The number of hydrogen-bond acceptors (Lipinski definition) is 3. The summed E-state index contributed by atoms with van der Waals surface area (Å²) in [7, 11) is 0. The molecule has 162 valence electrons. The molecule has 0 saturated carbocycles. The molecule has 7 aromatic rings. The molecule has 0 spiro atoms. The first-order valence-corrected chi connectivity index (χ1v) is 13.6. The van der Waals surface area contributed by atoms with Crippen LogP contribution in [0.2, 0.25) is 0 Å². The minimum atomic E-state index is 1.13. The average Bonchev–Trinajstić information content (AvgIpc) is 3.43. The van der Waals surface area contributed by atoms with Crippen LogP contribution in [0.1, 0.15) is 0 Å². The number of halogens is 1. The van der Waals surface area contributed by atoms with E-state index < -0.39 is 0 Å². The summed E-state index contributed by atoms with van der Waals surface area (Å²) in [5.74, 6) is 0. The van der Waals surface area contributed by atoms with Crippen molar-refractivity contribution < 1.29 is 0 Å². The maximum atomic E-state index is 3.89. The van der Waals surface area contributed by atoms with E-state index >= 15 is 0 Å². The first-order valence-electron chi connectivity index (χ1n) is 11.1. The Morgan fingerprint density at radius 2 is 1.12 bits per heavy atom. The molecule has 5 aromatic carbocycles. The summed E-state index contributed by atoms with van der Waals surface area (Å²) < 4.78 is 6.37. The highest BCUT2D eigenvalue weighted by Gasteiger charge is 2.17. The van der Waals surface area contributed by atoms with E-state index in [0.29, 0.717) is 0 Å². The predicted molar refractivity (Wildman–Crippen MR) is 155 cm³/mol. The highest BCUT2D eigenvalue weighted by molar-refractivity contribution is 9.10. The molecule has 2 aromatic heterocycles. The SMILES string of the molecule is Brc1cc(N(c2ccccc2)c2ccc3c(c2)sc2ccccc23)cc2c1sc1ccccc12. The van der Waals surface area contributed by atoms with E-state index in [1.165, 1.54) is 40.3 Å². The predicted octanol–water partition coefficient (Wildman–Crippen LogP) is 10.7. The first kappa shape index (κ1) is 20.2. The fourth-order valence-electron chi connectivity index (χ4n) is 4.78. The highest BCUT2D eigenvalue weighted by atomic mass is 79.9. The molecule has 0 atom stereocenters. The number of para-hydroxylation sites is 1. The third-order valence-electron chi connectivity index (χ3n) is 6.31. The lowest BCUT2D eigenvalue weighted by Crippen LogP contribution is -2.09. The Morgan fingerprint density at radius 1 is 0.471 bits per heavy atom. The molecule has 0 N–H and O–H groups in total. The Hall–Kier alpha value is -3.18. The van der Waals surface area contributed by atoms with E-state index in [1.807, 2.05) is 22.7 Å². The van der Waals surface area contributed by atoms with E-state index in [4.69, 9.17) is 0 Å². The summed E-state index contributed by atoms with van der Waals surface area (Å²) in [5.41, 5.74) is 3.46. The normalized spacial score (nSPS) is 11.7. The maximum Gasteiger partial charge on any atom is 0.0499 e. The van der Waals surface area contributed by atoms with Gasteiger partial charge in [0.15, 0.2) is 0 Å². The molecule has 0 aliphatic rings. The quantitative estimate of drug-likeness (QED) is 0.217. The number of benzene rings is 5. The number of nitrogens with zero attached hydrogens (tertiary/aromatic N) is 1. The Bertz CT molecular complexity index is 1830. The van der Waals surface area contributed by atoms with Crippen molar-refractivity contribution in [3.8, 4) is 0 Å². The zero-order valence-electron chi connectivity index (χ0n) is 18.0. The minimum absolute atomic E-state index is 1.13. The molecule has 1 nitrogen and oxygen atoms in total. The van der Waals surface area contributed by atoms with Gasteiger partial charge in [0.05, 0.1) is 0 Å². The number of fused-ring (bicyclic) bond motifs is 6. The maximum absolute atomic E-state index is 3.89. The van der Waals surface area contributed by atoms with E-state index in [9.17, 15) is 0 Å². The molecule has 0 fully saturated rings. The average molecular weight is 537 g/mol. The Kier molecular flexibility index (Phi) is 4.73. The summed E-state index contributed by atoms with van der Waals surface area (Å²) in [6.07, 6.45) is 0. The van der Waals surface area contributed by atoms with Crippen LogP contribution in [0.25, 0.3) is 40.3 Å². The molecule has 34 heavy (non-hydrogen) atoms. The van der Waals surface area contributed by atoms with E-state index in [-0.39, 0.29) is 0 Å². The van der Waals surface area contributed by atoms with Crippen molar-refractivity contribution in [2.45, 2.75) is 0 Å². The lowest BCUT2D eigenvalue weighted by atomic mass is 10.1. The number of hydrogen-bond donors (Lipinski definition) is 0. The second-order valence-electron chi connectivity index (χ2n) is 8.35. The third-order valence-corrected chi connectivity index (χ3v) is 9.55. The van der Waals surface area contributed by atoms with Crippen LogP contribution in [0, 0.1) is 0 Å². The molecule has 0 radical (unpaired) electrons. The van der Waals surface area contributed by atoms with Crippen LogP contribution >= 0.6 is 38.6 Å². The van der Waals surface area contributed by atoms with E-state index in [2.05, 4.69) is 130 Å². The lowest BCUT2D eigenvalue weighted by molar-refractivity contribution is 1.29. The first-order chi connectivity index (χ1) is 16.8. The lowest BCUT2D eigenvalue weighted by Gasteiger charge is -2.26. The van der Waals surface area contributed by atoms with Gasteiger partial charge in [0, 0.05) is 61.9 Å². The highest BCUT2D eigenvalue weighted by Crippen LogP contribution is 2.45. The molecule has 0 bridgehead atoms. The van der Waals surface area contributed by atoms with Crippen molar-refractivity contribution in [3.05, 3.63) is 114 Å². The Labute approximate surface area is 213 Å². The van der Waals surface area contributed by atoms with Crippen molar-refractivity contribution in [2.24, 2.45) is 0 Å². The van der Waals surface area contributed by atoms with Crippen LogP contribution in [-0.2, 0) is 0 Å². The van der Waals surface area contributed by atoms with Crippen molar-refractivity contribution in [3.63, 3.8) is 0 Å². The van der Waals surface area contributed by atoms with Gasteiger partial charge in [-0.1, -0.05) is 60.7 Å². The van der Waals surface area contributed by atoms with Crippen molar-refractivity contribution in [1.29, 1.82) is 0 Å². The summed E-state index contributed by atoms with van der Waals surface area (Å²) in [5, 5.41) is 5.24. The third kappa shape index (κ3) is 3.17. The van der Waals surface area contributed by atoms with Crippen molar-refractivity contribution in [1.82, 2.24) is 0 Å². The molecule has 0 amide bonds. The van der Waals surface area contributed by atoms with Crippen LogP contribution in [0.4, 0.5) is 17.1 Å². The second kappa shape index (κ2) is 7.95. The monoisotopic (exact) mass is 535 g/mol. The number of thiophene rings is 2. The molecular formula is C30H18BrNS2. The van der Waals surface area contributed by atoms with Crippen LogP contribution in [-0.4, -0.2) is 0 Å². The van der Waals surface area contributed by atoms with Crippen LogP contribution < -0.4 is 4.90 Å². The summed E-state index contributed by atoms with van der Waals surface area (Å²) in [4.78, 5) is 2.36. The van der Waals surface area contributed by atoms with Crippen LogP contribution in [0.5, 0.6) is 0 Å². The molecule has 0 saturated heterocycles. The van der Waals surface area contributed by atoms with Gasteiger partial charge >= 0.3 is 0 Å². The zero-order chi connectivity index (χ0) is 22.6. The Balaban J connectivity index is 1.49. The van der Waals surface area contributed by atoms with Gasteiger partial charge in [-0.2, -0.15) is 0 Å². The van der Waals surface area contributed by atoms with Crippen LogP contribution in [0.15, 0.2) is 114 Å². The number of anilines is 3. The molecule has 4 heteroatoms. The van der Waals surface area contributed by atoms with Gasteiger partial charge in [0.1, 0.15) is 0 Å². The van der Waals surface area contributed by atoms with E-state index in [0.717, 1.165) is 21.5 Å².